The molecular formula is C14H21ClN2O. The van der Waals surface area contributed by atoms with Crippen LogP contribution in [0.5, 0.6) is 5.88 Å². The molecule has 0 unspecified atom stereocenters. The van der Waals surface area contributed by atoms with E-state index >= 15 is 0 Å². The zero-order chi connectivity index (χ0) is 13.4. The van der Waals surface area contributed by atoms with Gasteiger partial charge in [0, 0.05) is 12.7 Å². The molecule has 0 aliphatic heterocycles. The van der Waals surface area contributed by atoms with Crippen molar-refractivity contribution in [3.63, 3.8) is 0 Å². The van der Waals surface area contributed by atoms with Crippen molar-refractivity contribution in [3.8, 4) is 5.88 Å². The van der Waals surface area contributed by atoms with Crippen molar-refractivity contribution in [1.82, 2.24) is 10.3 Å². The maximum Gasteiger partial charge on any atom is 0.232 e. The van der Waals surface area contributed by atoms with Gasteiger partial charge in [0.15, 0.2) is 0 Å². The van der Waals surface area contributed by atoms with Gasteiger partial charge in [-0.2, -0.15) is 0 Å². The summed E-state index contributed by atoms with van der Waals surface area (Å²) in [5, 5.41) is 3.91. The summed E-state index contributed by atoms with van der Waals surface area (Å²) in [6, 6.07) is 1.89. The van der Waals surface area contributed by atoms with Crippen molar-refractivity contribution in [2.75, 3.05) is 13.2 Å². The summed E-state index contributed by atoms with van der Waals surface area (Å²) >= 11 is 6.11. The first-order chi connectivity index (χ1) is 8.63. The Bertz CT molecular complexity index is 380. The normalized spacial score (nSPS) is 10.7. The summed E-state index contributed by atoms with van der Waals surface area (Å²) < 4.78 is 5.44. The molecule has 0 amide bonds. The molecule has 3 nitrogen and oxygen atoms in total. The summed E-state index contributed by atoms with van der Waals surface area (Å²) in [4.78, 5) is 4.22. The highest BCUT2D eigenvalue weighted by atomic mass is 35.5. The molecule has 0 saturated carbocycles. The maximum absolute atomic E-state index is 6.11. The van der Waals surface area contributed by atoms with E-state index in [-0.39, 0.29) is 0 Å². The van der Waals surface area contributed by atoms with Gasteiger partial charge >= 0.3 is 0 Å². The number of nitrogens with zero attached hydrogens (tertiary/aromatic N) is 1. The Balaban J connectivity index is 2.48. The Morgan fingerprint density at radius 3 is 2.94 bits per heavy atom. The van der Waals surface area contributed by atoms with E-state index < -0.39 is 0 Å². The molecular weight excluding hydrogens is 248 g/mol. The maximum atomic E-state index is 6.11. The van der Waals surface area contributed by atoms with E-state index in [2.05, 4.69) is 30.7 Å². The molecule has 0 aliphatic rings. The second kappa shape index (κ2) is 8.11. The topological polar surface area (TPSA) is 34.1 Å². The van der Waals surface area contributed by atoms with Crippen molar-refractivity contribution >= 4 is 11.6 Å². The molecule has 0 aromatic carbocycles. The van der Waals surface area contributed by atoms with Crippen LogP contribution in [-0.4, -0.2) is 18.1 Å². The minimum absolute atomic E-state index is 0.492. The van der Waals surface area contributed by atoms with E-state index in [9.17, 15) is 0 Å². The van der Waals surface area contributed by atoms with Gasteiger partial charge in [-0.3, -0.25) is 0 Å². The molecule has 0 spiro atoms. The number of hydrogen-bond acceptors (Lipinski definition) is 3. The van der Waals surface area contributed by atoms with Crippen LogP contribution in [0.4, 0.5) is 0 Å². The van der Waals surface area contributed by atoms with E-state index in [0.29, 0.717) is 23.4 Å². The average Bonchev–Trinajstić information content (AvgIpc) is 2.31. The predicted molar refractivity (Wildman–Crippen MR) is 76.1 cm³/mol. The molecule has 0 fully saturated rings. The summed E-state index contributed by atoms with van der Waals surface area (Å²) in [6.07, 6.45) is 4.39. The fourth-order valence-electron chi connectivity index (χ4n) is 1.41. The van der Waals surface area contributed by atoms with Crippen LogP contribution >= 0.6 is 11.6 Å². The lowest BCUT2D eigenvalue weighted by molar-refractivity contribution is 0.312. The lowest BCUT2D eigenvalue weighted by Gasteiger charge is -2.09. The lowest BCUT2D eigenvalue weighted by atomic mass is 10.2. The third-order valence-electron chi connectivity index (χ3n) is 2.31. The first kappa shape index (κ1) is 15.0. The molecule has 1 heterocycles. The van der Waals surface area contributed by atoms with E-state index in [0.717, 1.165) is 25.1 Å². The predicted octanol–water partition coefficient (Wildman–Crippen LogP) is 3.44. The van der Waals surface area contributed by atoms with Crippen LogP contribution in [0.3, 0.4) is 0 Å². The lowest BCUT2D eigenvalue weighted by Crippen LogP contribution is -2.19. The number of aromatic nitrogens is 1. The van der Waals surface area contributed by atoms with E-state index in [1.165, 1.54) is 0 Å². The summed E-state index contributed by atoms with van der Waals surface area (Å²) in [6.45, 7) is 10.3. The highest BCUT2D eigenvalue weighted by molar-refractivity contribution is 6.31. The smallest absolute Gasteiger partial charge is 0.232 e. The van der Waals surface area contributed by atoms with Gasteiger partial charge in [-0.25, -0.2) is 4.98 Å². The Kier molecular flexibility index (Phi) is 6.76. The second-order valence-electron chi connectivity index (χ2n) is 4.58. The van der Waals surface area contributed by atoms with E-state index in [1.54, 1.807) is 12.3 Å². The van der Waals surface area contributed by atoms with E-state index in [1.807, 2.05) is 6.07 Å². The molecule has 0 radical (unpaired) electrons. The molecule has 1 N–H and O–H groups in total. The van der Waals surface area contributed by atoms with Gasteiger partial charge in [0.05, 0.1) is 6.61 Å². The molecule has 1 aromatic heterocycles. The van der Waals surface area contributed by atoms with Gasteiger partial charge in [-0.15, -0.1) is 6.58 Å². The van der Waals surface area contributed by atoms with Crippen LogP contribution in [0.25, 0.3) is 0 Å². The number of hydrogen-bond donors (Lipinski definition) is 1. The van der Waals surface area contributed by atoms with Crippen molar-refractivity contribution in [3.05, 3.63) is 35.5 Å². The number of pyridine rings is 1. The van der Waals surface area contributed by atoms with Gasteiger partial charge in [0.1, 0.15) is 5.02 Å². The fourth-order valence-corrected chi connectivity index (χ4v) is 1.66. The minimum atomic E-state index is 0.492. The van der Waals surface area contributed by atoms with Crippen LogP contribution in [0.15, 0.2) is 24.9 Å². The number of ether oxygens (including phenoxy) is 1. The van der Waals surface area contributed by atoms with Gasteiger partial charge in [0.25, 0.3) is 0 Å². The molecule has 0 bridgehead atoms. The second-order valence-corrected chi connectivity index (χ2v) is 4.99. The van der Waals surface area contributed by atoms with Crippen molar-refractivity contribution in [1.29, 1.82) is 0 Å². The quantitative estimate of drug-likeness (QED) is 0.579. The van der Waals surface area contributed by atoms with Gasteiger partial charge in [-0.05, 0) is 30.5 Å². The number of rotatable bonds is 8. The standard InChI is InChI=1S/C14H21ClN2O/c1-4-5-6-18-14-13(15)7-12(10-17-14)9-16-8-11(2)3/h4,7,10-11,16H,1,5-6,8-9H2,2-3H3. The first-order valence-corrected chi connectivity index (χ1v) is 6.60. The third kappa shape index (κ3) is 5.52. The van der Waals surface area contributed by atoms with Crippen LogP contribution in [0.2, 0.25) is 5.02 Å². The zero-order valence-corrected chi connectivity index (χ0v) is 11.8. The molecule has 100 valence electrons. The number of halogens is 1. The molecule has 0 aliphatic carbocycles. The summed E-state index contributed by atoms with van der Waals surface area (Å²) in [7, 11) is 0. The Labute approximate surface area is 114 Å². The monoisotopic (exact) mass is 268 g/mol. The highest BCUT2D eigenvalue weighted by Crippen LogP contribution is 2.22. The SMILES string of the molecule is C=CCCOc1ncc(CNCC(C)C)cc1Cl. The molecule has 1 aromatic rings. The molecule has 1 rings (SSSR count). The van der Waals surface area contributed by atoms with Gasteiger partial charge < -0.3 is 10.1 Å². The molecule has 0 saturated heterocycles. The third-order valence-corrected chi connectivity index (χ3v) is 2.58. The molecule has 0 atom stereocenters. The Morgan fingerprint density at radius 1 is 1.56 bits per heavy atom. The molecule has 18 heavy (non-hydrogen) atoms. The summed E-state index contributed by atoms with van der Waals surface area (Å²) in [5.41, 5.74) is 1.07. The Morgan fingerprint density at radius 2 is 2.33 bits per heavy atom. The van der Waals surface area contributed by atoms with Crippen LogP contribution in [-0.2, 0) is 6.54 Å². The number of nitrogens with one attached hydrogen (secondary N) is 1. The van der Waals surface area contributed by atoms with Crippen molar-refractivity contribution in [2.24, 2.45) is 5.92 Å². The summed E-state index contributed by atoms with van der Waals surface area (Å²) in [5.74, 6) is 1.13. The Hall–Kier alpha value is -1.06. The van der Waals surface area contributed by atoms with Crippen LogP contribution < -0.4 is 10.1 Å². The molecule has 4 heteroatoms. The van der Waals surface area contributed by atoms with Crippen LogP contribution in [0.1, 0.15) is 25.8 Å². The fraction of sp³-hybridized carbons (Fsp3) is 0.500. The van der Waals surface area contributed by atoms with Crippen molar-refractivity contribution in [2.45, 2.75) is 26.8 Å². The minimum Gasteiger partial charge on any atom is -0.476 e. The van der Waals surface area contributed by atoms with Gasteiger partial charge in [-0.1, -0.05) is 31.5 Å². The van der Waals surface area contributed by atoms with Crippen LogP contribution in [0, 0.1) is 5.92 Å². The van der Waals surface area contributed by atoms with Crippen molar-refractivity contribution < 1.29 is 4.74 Å². The highest BCUT2D eigenvalue weighted by Gasteiger charge is 2.04. The van der Waals surface area contributed by atoms with Gasteiger partial charge in [0.2, 0.25) is 5.88 Å². The first-order valence-electron chi connectivity index (χ1n) is 6.22. The van der Waals surface area contributed by atoms with E-state index in [4.69, 9.17) is 16.3 Å². The zero-order valence-electron chi connectivity index (χ0n) is 11.1. The largest absolute Gasteiger partial charge is 0.476 e. The average molecular weight is 269 g/mol.